The third kappa shape index (κ3) is 3.22. The lowest BCUT2D eigenvalue weighted by atomic mass is 10.1. The van der Waals surface area contributed by atoms with E-state index in [1.807, 2.05) is 90.4 Å². The van der Waals surface area contributed by atoms with Crippen molar-refractivity contribution in [3.8, 4) is 0 Å². The first-order chi connectivity index (χ1) is 13.1. The van der Waals surface area contributed by atoms with Gasteiger partial charge in [0.25, 0.3) is 0 Å². The molecule has 0 bridgehead atoms. The van der Waals surface area contributed by atoms with Crippen LogP contribution in [0.5, 0.6) is 0 Å². The van der Waals surface area contributed by atoms with Gasteiger partial charge in [-0.15, -0.1) is 0 Å². The van der Waals surface area contributed by atoms with Crippen molar-refractivity contribution >= 4 is 27.7 Å². The highest BCUT2D eigenvalue weighted by atomic mass is 16.2. The maximum Gasteiger partial charge on any atom is 0.240 e. The van der Waals surface area contributed by atoms with Gasteiger partial charge in [-0.1, -0.05) is 54.6 Å². The summed E-state index contributed by atoms with van der Waals surface area (Å²) in [4.78, 5) is 25.5. The molecular weight excluding hydrogens is 336 g/mol. The van der Waals surface area contributed by atoms with Crippen LogP contribution in [0.15, 0.2) is 83.7 Å². The fraction of sp³-hybridized carbons (Fsp3) is 0.130. The third-order valence-electron chi connectivity index (χ3n) is 4.86. The molecule has 1 N–H and O–H groups in total. The van der Waals surface area contributed by atoms with E-state index in [2.05, 4.69) is 5.32 Å². The summed E-state index contributed by atoms with van der Waals surface area (Å²) in [6.07, 6.45) is 0. The molecule has 0 aliphatic heterocycles. The van der Waals surface area contributed by atoms with E-state index in [1.54, 1.807) is 0 Å². The molecule has 0 saturated heterocycles. The smallest absolute Gasteiger partial charge is 0.240 e. The van der Waals surface area contributed by atoms with Gasteiger partial charge in [0.1, 0.15) is 6.54 Å². The second kappa shape index (κ2) is 7.08. The van der Waals surface area contributed by atoms with Gasteiger partial charge in [-0.25, -0.2) is 0 Å². The highest BCUT2D eigenvalue weighted by Gasteiger charge is 2.14. The normalized spacial score (nSPS) is 12.2. The Morgan fingerprint density at radius 3 is 1.96 bits per heavy atom. The van der Waals surface area contributed by atoms with Crippen molar-refractivity contribution < 1.29 is 4.79 Å². The molecular formula is C23H20N2O2. The average Bonchev–Trinajstić information content (AvgIpc) is 2.72. The number of para-hydroxylation sites is 2. The maximum atomic E-state index is 12.8. The topological polar surface area (TPSA) is 51.1 Å². The van der Waals surface area contributed by atoms with Crippen LogP contribution in [0.1, 0.15) is 18.5 Å². The van der Waals surface area contributed by atoms with Crippen LogP contribution in [0.25, 0.3) is 21.8 Å². The molecule has 27 heavy (non-hydrogen) atoms. The molecule has 0 fully saturated rings. The minimum atomic E-state index is -0.0923. The summed E-state index contributed by atoms with van der Waals surface area (Å²) in [5.74, 6) is -0.0923. The fourth-order valence-corrected chi connectivity index (χ4v) is 3.50. The Morgan fingerprint density at radius 2 is 1.37 bits per heavy atom. The van der Waals surface area contributed by atoms with E-state index in [9.17, 15) is 9.59 Å². The Hall–Kier alpha value is -3.40. The maximum absolute atomic E-state index is 12.8. The van der Waals surface area contributed by atoms with Gasteiger partial charge in [0.2, 0.25) is 5.91 Å². The number of fused-ring (bicyclic) bond motifs is 2. The molecule has 1 heterocycles. The van der Waals surface area contributed by atoms with Crippen LogP contribution in [0.2, 0.25) is 0 Å². The Balaban J connectivity index is 1.73. The molecule has 4 rings (SSSR count). The largest absolute Gasteiger partial charge is 0.348 e. The number of benzene rings is 3. The summed E-state index contributed by atoms with van der Waals surface area (Å²) >= 11 is 0. The van der Waals surface area contributed by atoms with Crippen LogP contribution < -0.4 is 10.7 Å². The molecule has 4 aromatic rings. The summed E-state index contributed by atoms with van der Waals surface area (Å²) in [6.45, 7) is 2.12. The van der Waals surface area contributed by atoms with E-state index in [0.717, 1.165) is 16.6 Å². The monoisotopic (exact) mass is 356 g/mol. The SMILES string of the molecule is C[C@H](NC(=O)Cn1c2ccccc2c(=O)c2ccccc21)c1ccccc1. The van der Waals surface area contributed by atoms with Crippen molar-refractivity contribution in [2.45, 2.75) is 19.5 Å². The molecule has 1 amide bonds. The molecule has 4 nitrogen and oxygen atoms in total. The van der Waals surface area contributed by atoms with Crippen molar-refractivity contribution in [3.63, 3.8) is 0 Å². The van der Waals surface area contributed by atoms with Crippen LogP contribution in [-0.4, -0.2) is 10.5 Å². The molecule has 1 aromatic heterocycles. The number of hydrogen-bond acceptors (Lipinski definition) is 2. The Bertz CT molecular complexity index is 1120. The molecule has 0 radical (unpaired) electrons. The van der Waals surface area contributed by atoms with Crippen molar-refractivity contribution in [2.75, 3.05) is 0 Å². The predicted octanol–water partition coefficient (Wildman–Crippen LogP) is 4.03. The average molecular weight is 356 g/mol. The number of amides is 1. The van der Waals surface area contributed by atoms with Gasteiger partial charge in [-0.05, 0) is 36.8 Å². The molecule has 3 aromatic carbocycles. The van der Waals surface area contributed by atoms with Crippen LogP contribution in [0, 0.1) is 0 Å². The quantitative estimate of drug-likeness (QED) is 0.561. The Morgan fingerprint density at radius 1 is 0.852 bits per heavy atom. The lowest BCUT2D eigenvalue weighted by Gasteiger charge is -2.18. The second-order valence-corrected chi connectivity index (χ2v) is 6.65. The summed E-state index contributed by atoms with van der Waals surface area (Å²) in [6, 6.07) is 24.6. The van der Waals surface area contributed by atoms with Crippen LogP contribution in [0.3, 0.4) is 0 Å². The standard InChI is InChI=1S/C23H20N2O2/c1-16(17-9-3-2-4-10-17)24-22(26)15-25-20-13-7-5-11-18(20)23(27)19-12-6-8-14-21(19)25/h2-14,16H,15H2,1H3,(H,24,26)/t16-/m0/s1. The molecule has 134 valence electrons. The molecule has 0 spiro atoms. The number of aromatic nitrogens is 1. The Kier molecular flexibility index (Phi) is 4.47. The summed E-state index contributed by atoms with van der Waals surface area (Å²) in [5, 5.41) is 4.30. The minimum Gasteiger partial charge on any atom is -0.348 e. The lowest BCUT2D eigenvalue weighted by molar-refractivity contribution is -0.122. The van der Waals surface area contributed by atoms with Gasteiger partial charge >= 0.3 is 0 Å². The zero-order valence-corrected chi connectivity index (χ0v) is 15.1. The van der Waals surface area contributed by atoms with Crippen LogP contribution in [0.4, 0.5) is 0 Å². The first kappa shape index (κ1) is 17.0. The minimum absolute atomic E-state index is 0.00416. The Labute approximate surface area is 157 Å². The number of nitrogens with one attached hydrogen (secondary N) is 1. The molecule has 4 heteroatoms. The van der Waals surface area contributed by atoms with Crippen molar-refractivity contribution in [3.05, 3.63) is 94.6 Å². The van der Waals surface area contributed by atoms with Crippen molar-refractivity contribution in [1.82, 2.24) is 9.88 Å². The van der Waals surface area contributed by atoms with Crippen molar-refractivity contribution in [1.29, 1.82) is 0 Å². The highest BCUT2D eigenvalue weighted by Crippen LogP contribution is 2.19. The molecule has 0 aliphatic rings. The second-order valence-electron chi connectivity index (χ2n) is 6.65. The predicted molar refractivity (Wildman–Crippen MR) is 109 cm³/mol. The van der Waals surface area contributed by atoms with E-state index < -0.39 is 0 Å². The molecule has 0 saturated carbocycles. The summed E-state index contributed by atoms with van der Waals surface area (Å²) in [7, 11) is 0. The molecule has 1 atom stereocenters. The van der Waals surface area contributed by atoms with Gasteiger partial charge in [-0.3, -0.25) is 9.59 Å². The molecule has 0 unspecified atom stereocenters. The number of hydrogen-bond donors (Lipinski definition) is 1. The zero-order chi connectivity index (χ0) is 18.8. The number of carbonyl (C=O) groups is 1. The van der Waals surface area contributed by atoms with Gasteiger partial charge in [-0.2, -0.15) is 0 Å². The van der Waals surface area contributed by atoms with Crippen molar-refractivity contribution in [2.24, 2.45) is 0 Å². The van der Waals surface area contributed by atoms with E-state index in [4.69, 9.17) is 0 Å². The van der Waals surface area contributed by atoms with Gasteiger partial charge < -0.3 is 9.88 Å². The lowest BCUT2D eigenvalue weighted by Crippen LogP contribution is -2.30. The highest BCUT2D eigenvalue weighted by molar-refractivity contribution is 5.94. The van der Waals surface area contributed by atoms with Crippen LogP contribution in [-0.2, 0) is 11.3 Å². The number of rotatable bonds is 4. The summed E-state index contributed by atoms with van der Waals surface area (Å²) in [5.41, 5.74) is 2.59. The first-order valence-electron chi connectivity index (χ1n) is 9.00. The van der Waals surface area contributed by atoms with E-state index in [1.165, 1.54) is 0 Å². The van der Waals surface area contributed by atoms with Gasteiger partial charge in [0.05, 0.1) is 17.1 Å². The van der Waals surface area contributed by atoms with Gasteiger partial charge in [0.15, 0.2) is 5.43 Å². The number of pyridine rings is 1. The first-order valence-corrected chi connectivity index (χ1v) is 9.00. The van der Waals surface area contributed by atoms with Crippen LogP contribution >= 0.6 is 0 Å². The third-order valence-corrected chi connectivity index (χ3v) is 4.86. The number of carbonyl (C=O) groups excluding carboxylic acids is 1. The fourth-order valence-electron chi connectivity index (χ4n) is 3.50. The van der Waals surface area contributed by atoms with E-state index in [-0.39, 0.29) is 23.9 Å². The molecule has 0 aliphatic carbocycles. The van der Waals surface area contributed by atoms with Gasteiger partial charge in [0, 0.05) is 10.8 Å². The van der Waals surface area contributed by atoms with E-state index in [0.29, 0.717) is 10.8 Å². The van der Waals surface area contributed by atoms with E-state index >= 15 is 0 Å². The number of nitrogens with zero attached hydrogens (tertiary/aromatic N) is 1. The summed E-state index contributed by atoms with van der Waals surface area (Å²) < 4.78 is 1.92. The zero-order valence-electron chi connectivity index (χ0n) is 15.1.